The minimum atomic E-state index is -4.49. The fourth-order valence-electron chi connectivity index (χ4n) is 2.03. The third-order valence-electron chi connectivity index (χ3n) is 2.81. The SMILES string of the molecule is CCOC(=O)CSc1nc2c(c(C(F)(F)F)n1)CCC2. The van der Waals surface area contributed by atoms with E-state index < -0.39 is 17.8 Å². The molecule has 0 radical (unpaired) electrons. The van der Waals surface area contributed by atoms with E-state index in [1.54, 1.807) is 6.92 Å². The number of nitrogens with zero attached hydrogens (tertiary/aromatic N) is 2. The van der Waals surface area contributed by atoms with Gasteiger partial charge in [0.2, 0.25) is 0 Å². The predicted molar refractivity (Wildman–Crippen MR) is 66.4 cm³/mol. The number of aromatic nitrogens is 2. The summed E-state index contributed by atoms with van der Waals surface area (Å²) in [5, 5.41) is -0.0222. The number of carbonyl (C=O) groups is 1. The lowest BCUT2D eigenvalue weighted by molar-refractivity contribution is -0.142. The van der Waals surface area contributed by atoms with Gasteiger partial charge in [-0.15, -0.1) is 0 Å². The summed E-state index contributed by atoms with van der Waals surface area (Å²) in [7, 11) is 0. The Hall–Kier alpha value is -1.31. The van der Waals surface area contributed by atoms with E-state index in [-0.39, 0.29) is 23.1 Å². The molecule has 1 aliphatic carbocycles. The first kappa shape index (κ1) is 15.1. The molecule has 0 saturated carbocycles. The van der Waals surface area contributed by atoms with Crippen molar-refractivity contribution in [3.05, 3.63) is 17.0 Å². The van der Waals surface area contributed by atoms with Gasteiger partial charge in [-0.1, -0.05) is 11.8 Å². The second-order valence-electron chi connectivity index (χ2n) is 4.23. The molecule has 0 saturated heterocycles. The lowest BCUT2D eigenvalue weighted by atomic mass is 10.2. The number of halogens is 3. The summed E-state index contributed by atoms with van der Waals surface area (Å²) in [6.45, 7) is 1.90. The second kappa shape index (κ2) is 5.99. The molecule has 0 aromatic carbocycles. The van der Waals surface area contributed by atoms with Crippen LogP contribution in [0.2, 0.25) is 0 Å². The van der Waals surface area contributed by atoms with E-state index in [2.05, 4.69) is 9.97 Å². The van der Waals surface area contributed by atoms with Crippen LogP contribution in [0.1, 0.15) is 30.3 Å². The Morgan fingerprint density at radius 2 is 2.10 bits per heavy atom. The summed E-state index contributed by atoms with van der Waals surface area (Å²) in [5.41, 5.74) is -0.233. The summed E-state index contributed by atoms with van der Waals surface area (Å²) in [5.74, 6) is -0.584. The highest BCUT2D eigenvalue weighted by Gasteiger charge is 2.38. The Kier molecular flexibility index (Phi) is 4.52. The Morgan fingerprint density at radius 1 is 1.35 bits per heavy atom. The first-order chi connectivity index (χ1) is 9.41. The van der Waals surface area contributed by atoms with Gasteiger partial charge < -0.3 is 4.74 Å². The van der Waals surface area contributed by atoms with E-state index in [0.29, 0.717) is 25.0 Å². The van der Waals surface area contributed by atoms with Crippen LogP contribution in [0.5, 0.6) is 0 Å². The van der Waals surface area contributed by atoms with E-state index >= 15 is 0 Å². The number of alkyl halides is 3. The average molecular weight is 306 g/mol. The van der Waals surface area contributed by atoms with E-state index in [1.807, 2.05) is 0 Å². The molecule has 110 valence electrons. The normalized spacial score (nSPS) is 14.2. The molecule has 0 fully saturated rings. The molecule has 20 heavy (non-hydrogen) atoms. The van der Waals surface area contributed by atoms with Crippen molar-refractivity contribution in [2.45, 2.75) is 37.5 Å². The van der Waals surface area contributed by atoms with Crippen molar-refractivity contribution in [2.75, 3.05) is 12.4 Å². The Morgan fingerprint density at radius 3 is 2.75 bits per heavy atom. The Balaban J connectivity index is 2.21. The summed E-state index contributed by atoms with van der Waals surface area (Å²) in [4.78, 5) is 18.9. The van der Waals surface area contributed by atoms with Crippen molar-refractivity contribution in [3.63, 3.8) is 0 Å². The van der Waals surface area contributed by atoms with Crippen molar-refractivity contribution >= 4 is 17.7 Å². The van der Waals surface area contributed by atoms with Crippen LogP contribution in [0.4, 0.5) is 13.2 Å². The van der Waals surface area contributed by atoms with Gasteiger partial charge in [-0.25, -0.2) is 9.97 Å². The van der Waals surface area contributed by atoms with Crippen molar-refractivity contribution in [1.82, 2.24) is 9.97 Å². The smallest absolute Gasteiger partial charge is 0.433 e. The van der Waals surface area contributed by atoms with Crippen LogP contribution in [0.3, 0.4) is 0 Å². The number of hydrogen-bond acceptors (Lipinski definition) is 5. The quantitative estimate of drug-likeness (QED) is 0.486. The Bertz CT molecular complexity index is 520. The second-order valence-corrected chi connectivity index (χ2v) is 5.17. The zero-order chi connectivity index (χ0) is 14.8. The topological polar surface area (TPSA) is 52.1 Å². The van der Waals surface area contributed by atoms with Crippen molar-refractivity contribution in [3.8, 4) is 0 Å². The molecule has 0 amide bonds. The van der Waals surface area contributed by atoms with Gasteiger partial charge in [0, 0.05) is 11.3 Å². The molecule has 1 aromatic rings. The summed E-state index contributed by atoms with van der Waals surface area (Å²) in [6.07, 6.45) is -2.96. The average Bonchev–Trinajstić information content (AvgIpc) is 2.82. The summed E-state index contributed by atoms with van der Waals surface area (Å²) in [6, 6.07) is 0. The number of ether oxygens (including phenoxy) is 1. The highest BCUT2D eigenvalue weighted by atomic mass is 32.2. The molecule has 2 rings (SSSR count). The molecule has 0 N–H and O–H groups in total. The maximum Gasteiger partial charge on any atom is 0.433 e. The van der Waals surface area contributed by atoms with E-state index in [9.17, 15) is 18.0 Å². The number of rotatable bonds is 4. The lowest BCUT2D eigenvalue weighted by Gasteiger charge is -2.12. The minimum Gasteiger partial charge on any atom is -0.465 e. The maximum atomic E-state index is 13.0. The number of aryl methyl sites for hydroxylation is 1. The first-order valence-corrected chi connectivity index (χ1v) is 7.15. The number of hydrogen-bond donors (Lipinski definition) is 0. The predicted octanol–water partition coefficient (Wildman–Crippen LogP) is 2.64. The van der Waals surface area contributed by atoms with Gasteiger partial charge in [-0.3, -0.25) is 4.79 Å². The van der Waals surface area contributed by atoms with Crippen LogP contribution in [0.25, 0.3) is 0 Å². The summed E-state index contributed by atoms with van der Waals surface area (Å²) >= 11 is 0.868. The molecule has 1 heterocycles. The van der Waals surface area contributed by atoms with Crippen molar-refractivity contribution < 1.29 is 22.7 Å². The van der Waals surface area contributed by atoms with Gasteiger partial charge in [0.25, 0.3) is 0 Å². The Labute approximate surface area is 118 Å². The van der Waals surface area contributed by atoms with Crippen LogP contribution in [-0.2, 0) is 28.5 Å². The number of thioether (sulfide) groups is 1. The summed E-state index contributed by atoms with van der Waals surface area (Å²) < 4.78 is 43.6. The molecule has 0 aliphatic heterocycles. The standard InChI is InChI=1S/C12H13F3N2O2S/c1-2-19-9(18)6-20-11-16-8-5-3-4-7(8)10(17-11)12(13,14)15/h2-6H2,1H3. The largest absolute Gasteiger partial charge is 0.465 e. The number of carbonyl (C=O) groups excluding carboxylic acids is 1. The third-order valence-corrected chi connectivity index (χ3v) is 3.63. The molecular formula is C12H13F3N2O2S. The van der Waals surface area contributed by atoms with Crippen molar-refractivity contribution in [1.29, 1.82) is 0 Å². The third kappa shape index (κ3) is 3.41. The molecule has 1 aliphatic rings. The molecule has 1 aromatic heterocycles. The van der Waals surface area contributed by atoms with Gasteiger partial charge >= 0.3 is 12.1 Å². The molecular weight excluding hydrogens is 293 g/mol. The van der Waals surface area contributed by atoms with Gasteiger partial charge in [0.15, 0.2) is 10.9 Å². The van der Waals surface area contributed by atoms with Crippen LogP contribution in [-0.4, -0.2) is 28.3 Å². The zero-order valence-electron chi connectivity index (χ0n) is 10.8. The molecule has 0 atom stereocenters. The molecule has 0 unspecified atom stereocenters. The van der Waals surface area contributed by atoms with E-state index in [1.165, 1.54) is 0 Å². The van der Waals surface area contributed by atoms with Gasteiger partial charge in [0.1, 0.15) is 0 Å². The highest BCUT2D eigenvalue weighted by molar-refractivity contribution is 7.99. The molecule has 0 bridgehead atoms. The van der Waals surface area contributed by atoms with Crippen molar-refractivity contribution in [2.24, 2.45) is 0 Å². The lowest BCUT2D eigenvalue weighted by Crippen LogP contribution is -2.15. The van der Waals surface area contributed by atoms with Gasteiger partial charge in [-0.2, -0.15) is 13.2 Å². The highest BCUT2D eigenvalue weighted by Crippen LogP contribution is 2.36. The van der Waals surface area contributed by atoms with Gasteiger partial charge in [0.05, 0.1) is 12.4 Å². The van der Waals surface area contributed by atoms with Crippen LogP contribution >= 0.6 is 11.8 Å². The minimum absolute atomic E-state index is 0.0222. The monoisotopic (exact) mass is 306 g/mol. The molecule has 8 heteroatoms. The van der Waals surface area contributed by atoms with E-state index in [4.69, 9.17) is 4.74 Å². The van der Waals surface area contributed by atoms with Gasteiger partial charge in [-0.05, 0) is 26.2 Å². The molecule has 0 spiro atoms. The van der Waals surface area contributed by atoms with Crippen LogP contribution in [0, 0.1) is 0 Å². The number of fused-ring (bicyclic) bond motifs is 1. The van der Waals surface area contributed by atoms with Crippen LogP contribution < -0.4 is 0 Å². The number of esters is 1. The first-order valence-electron chi connectivity index (χ1n) is 6.17. The fourth-order valence-corrected chi connectivity index (χ4v) is 2.70. The van der Waals surface area contributed by atoms with Crippen LogP contribution in [0.15, 0.2) is 5.16 Å². The molecule has 4 nitrogen and oxygen atoms in total. The zero-order valence-corrected chi connectivity index (χ0v) is 11.6. The maximum absolute atomic E-state index is 13.0. The van der Waals surface area contributed by atoms with E-state index in [0.717, 1.165) is 11.8 Å². The fraction of sp³-hybridized carbons (Fsp3) is 0.583.